The molecule has 0 aromatic heterocycles. The van der Waals surface area contributed by atoms with Gasteiger partial charge in [0.05, 0.1) is 12.0 Å². The molecule has 0 bridgehead atoms. The minimum atomic E-state index is -0.754. The number of imide groups is 1. The summed E-state index contributed by atoms with van der Waals surface area (Å²) in [6, 6.07) is 17.4. The summed E-state index contributed by atoms with van der Waals surface area (Å²) < 4.78 is 5.70. The standard InChI is InChI=1S/C21H23NO3/c1-16-8-6-11-18(14-16)25-13-7-12-22-19(23)15-21(2,20(22)24)17-9-4-3-5-10-17/h3-6,8-11,14H,7,12-13,15H2,1-2H3/t21-/m0/s1. The molecule has 0 saturated carbocycles. The second-order valence-corrected chi connectivity index (χ2v) is 6.74. The summed E-state index contributed by atoms with van der Waals surface area (Å²) in [4.78, 5) is 26.5. The number of hydrogen-bond donors (Lipinski definition) is 0. The largest absolute Gasteiger partial charge is 0.494 e. The predicted octanol–water partition coefficient (Wildman–Crippen LogP) is 3.48. The number of rotatable bonds is 6. The second kappa shape index (κ2) is 7.09. The maximum Gasteiger partial charge on any atom is 0.240 e. The molecule has 4 heteroatoms. The highest BCUT2D eigenvalue weighted by atomic mass is 16.5. The van der Waals surface area contributed by atoms with Crippen LogP contribution >= 0.6 is 0 Å². The number of ether oxygens (including phenoxy) is 1. The van der Waals surface area contributed by atoms with Gasteiger partial charge in [-0.3, -0.25) is 14.5 Å². The first-order chi connectivity index (χ1) is 12.0. The highest BCUT2D eigenvalue weighted by Crippen LogP contribution is 2.36. The zero-order valence-electron chi connectivity index (χ0n) is 14.7. The van der Waals surface area contributed by atoms with Gasteiger partial charge < -0.3 is 4.74 Å². The number of likely N-dealkylation sites (tertiary alicyclic amines) is 1. The zero-order chi connectivity index (χ0) is 17.9. The van der Waals surface area contributed by atoms with Crippen LogP contribution in [0.15, 0.2) is 54.6 Å². The number of benzene rings is 2. The molecule has 4 nitrogen and oxygen atoms in total. The van der Waals surface area contributed by atoms with Crippen LogP contribution in [0.3, 0.4) is 0 Å². The van der Waals surface area contributed by atoms with Crippen molar-refractivity contribution in [2.45, 2.75) is 32.1 Å². The predicted molar refractivity (Wildman–Crippen MR) is 96.4 cm³/mol. The van der Waals surface area contributed by atoms with Crippen LogP contribution in [0, 0.1) is 6.92 Å². The highest BCUT2D eigenvalue weighted by Gasteiger charge is 2.48. The maximum atomic E-state index is 12.8. The van der Waals surface area contributed by atoms with E-state index < -0.39 is 5.41 Å². The Hall–Kier alpha value is -2.62. The van der Waals surface area contributed by atoms with Crippen molar-refractivity contribution >= 4 is 11.8 Å². The molecule has 1 saturated heterocycles. The van der Waals surface area contributed by atoms with E-state index in [1.165, 1.54) is 4.90 Å². The Labute approximate surface area is 148 Å². The van der Waals surface area contributed by atoms with Crippen molar-refractivity contribution in [3.63, 3.8) is 0 Å². The Bertz CT molecular complexity index is 772. The van der Waals surface area contributed by atoms with Gasteiger partial charge >= 0.3 is 0 Å². The summed E-state index contributed by atoms with van der Waals surface area (Å²) in [7, 11) is 0. The van der Waals surface area contributed by atoms with Gasteiger partial charge in [-0.1, -0.05) is 42.5 Å². The topological polar surface area (TPSA) is 46.6 Å². The molecule has 1 atom stereocenters. The van der Waals surface area contributed by atoms with Gasteiger partial charge in [0.1, 0.15) is 5.75 Å². The molecular formula is C21H23NO3. The third-order valence-electron chi connectivity index (χ3n) is 4.72. The Morgan fingerprint density at radius 3 is 2.56 bits per heavy atom. The van der Waals surface area contributed by atoms with Crippen LogP contribution in [0.25, 0.3) is 0 Å². The summed E-state index contributed by atoms with van der Waals surface area (Å²) >= 11 is 0. The Kier molecular flexibility index (Phi) is 4.88. The molecule has 2 aromatic carbocycles. The molecule has 1 aliphatic rings. The quantitative estimate of drug-likeness (QED) is 0.599. The molecule has 0 aliphatic carbocycles. The molecule has 1 aliphatic heterocycles. The van der Waals surface area contributed by atoms with E-state index >= 15 is 0 Å². The van der Waals surface area contributed by atoms with Crippen LogP contribution < -0.4 is 4.74 Å². The maximum absolute atomic E-state index is 12.8. The lowest BCUT2D eigenvalue weighted by atomic mass is 9.81. The Morgan fingerprint density at radius 1 is 1.08 bits per heavy atom. The minimum absolute atomic E-state index is 0.105. The Morgan fingerprint density at radius 2 is 1.84 bits per heavy atom. The summed E-state index contributed by atoms with van der Waals surface area (Å²) in [6.45, 7) is 4.74. The molecule has 25 heavy (non-hydrogen) atoms. The van der Waals surface area contributed by atoms with Crippen molar-refractivity contribution in [1.82, 2.24) is 4.90 Å². The zero-order valence-corrected chi connectivity index (χ0v) is 14.7. The van der Waals surface area contributed by atoms with Crippen LogP contribution in [-0.2, 0) is 15.0 Å². The van der Waals surface area contributed by atoms with E-state index in [2.05, 4.69) is 0 Å². The monoisotopic (exact) mass is 337 g/mol. The molecule has 130 valence electrons. The van der Waals surface area contributed by atoms with Crippen molar-refractivity contribution in [3.8, 4) is 5.75 Å². The molecule has 0 radical (unpaired) electrons. The highest BCUT2D eigenvalue weighted by molar-refractivity contribution is 6.08. The first-order valence-corrected chi connectivity index (χ1v) is 8.60. The Balaban J connectivity index is 1.58. The van der Waals surface area contributed by atoms with Crippen molar-refractivity contribution in [1.29, 1.82) is 0 Å². The first kappa shape index (κ1) is 17.2. The van der Waals surface area contributed by atoms with Crippen molar-refractivity contribution in [2.75, 3.05) is 13.2 Å². The normalized spacial score (nSPS) is 20.2. The lowest BCUT2D eigenvalue weighted by Gasteiger charge is -2.22. The van der Waals surface area contributed by atoms with Gasteiger partial charge in [-0.15, -0.1) is 0 Å². The molecule has 0 N–H and O–H groups in total. The minimum Gasteiger partial charge on any atom is -0.494 e. The molecular weight excluding hydrogens is 314 g/mol. The molecule has 2 aromatic rings. The number of aryl methyl sites for hydroxylation is 1. The fraction of sp³-hybridized carbons (Fsp3) is 0.333. The van der Waals surface area contributed by atoms with Crippen LogP contribution in [-0.4, -0.2) is 29.9 Å². The fourth-order valence-corrected chi connectivity index (χ4v) is 3.26. The molecule has 1 heterocycles. The third-order valence-corrected chi connectivity index (χ3v) is 4.72. The van der Waals surface area contributed by atoms with Crippen molar-refractivity contribution in [3.05, 3.63) is 65.7 Å². The summed E-state index contributed by atoms with van der Waals surface area (Å²) in [5.74, 6) is 0.597. The van der Waals surface area contributed by atoms with Gasteiger partial charge in [-0.25, -0.2) is 0 Å². The molecule has 1 fully saturated rings. The summed E-state index contributed by atoms with van der Waals surface area (Å²) in [5, 5.41) is 0. The molecule has 0 spiro atoms. The van der Waals surface area contributed by atoms with E-state index in [1.54, 1.807) is 0 Å². The average Bonchev–Trinajstić information content (AvgIpc) is 2.83. The van der Waals surface area contributed by atoms with Crippen molar-refractivity contribution < 1.29 is 14.3 Å². The van der Waals surface area contributed by atoms with Gasteiger partial charge in [0.25, 0.3) is 0 Å². The number of amides is 2. The fourth-order valence-electron chi connectivity index (χ4n) is 3.26. The van der Waals surface area contributed by atoms with Crippen LogP contribution in [0.2, 0.25) is 0 Å². The second-order valence-electron chi connectivity index (χ2n) is 6.74. The third kappa shape index (κ3) is 3.58. The van der Waals surface area contributed by atoms with Gasteiger partial charge in [0.2, 0.25) is 11.8 Å². The van der Waals surface area contributed by atoms with Crippen molar-refractivity contribution in [2.24, 2.45) is 0 Å². The molecule has 2 amide bonds. The van der Waals surface area contributed by atoms with E-state index in [-0.39, 0.29) is 18.2 Å². The summed E-state index contributed by atoms with van der Waals surface area (Å²) in [5.41, 5.74) is 1.28. The number of nitrogens with zero attached hydrogens (tertiary/aromatic N) is 1. The van der Waals surface area contributed by atoms with E-state index in [0.29, 0.717) is 19.6 Å². The number of carbonyl (C=O) groups excluding carboxylic acids is 2. The van der Waals surface area contributed by atoms with Gasteiger partial charge in [0, 0.05) is 13.0 Å². The van der Waals surface area contributed by atoms with Crippen LogP contribution in [0.4, 0.5) is 0 Å². The lowest BCUT2D eigenvalue weighted by molar-refractivity contribution is -0.139. The lowest BCUT2D eigenvalue weighted by Crippen LogP contribution is -2.37. The van der Waals surface area contributed by atoms with Gasteiger partial charge in [-0.05, 0) is 43.5 Å². The molecule has 0 unspecified atom stereocenters. The number of hydrogen-bond acceptors (Lipinski definition) is 3. The van der Waals surface area contributed by atoms with E-state index in [1.807, 2.05) is 68.4 Å². The summed E-state index contributed by atoms with van der Waals surface area (Å²) in [6.07, 6.45) is 0.852. The smallest absolute Gasteiger partial charge is 0.240 e. The van der Waals surface area contributed by atoms with Crippen LogP contribution in [0.5, 0.6) is 5.75 Å². The molecule has 3 rings (SSSR count). The van der Waals surface area contributed by atoms with E-state index in [9.17, 15) is 9.59 Å². The number of carbonyl (C=O) groups is 2. The van der Waals surface area contributed by atoms with E-state index in [4.69, 9.17) is 4.74 Å². The van der Waals surface area contributed by atoms with Crippen LogP contribution in [0.1, 0.15) is 30.9 Å². The van der Waals surface area contributed by atoms with Gasteiger partial charge in [0.15, 0.2) is 0 Å². The average molecular weight is 337 g/mol. The van der Waals surface area contributed by atoms with E-state index in [0.717, 1.165) is 16.9 Å². The SMILES string of the molecule is Cc1cccc(OCCCN2C(=O)C[C@@](C)(c3ccccc3)C2=O)c1. The van der Waals surface area contributed by atoms with Gasteiger partial charge in [-0.2, -0.15) is 0 Å². The first-order valence-electron chi connectivity index (χ1n) is 8.60.